The first kappa shape index (κ1) is 16.5. The van der Waals surface area contributed by atoms with Crippen LogP contribution in [0.3, 0.4) is 0 Å². The van der Waals surface area contributed by atoms with Crippen molar-refractivity contribution in [1.29, 1.82) is 0 Å². The van der Waals surface area contributed by atoms with Crippen molar-refractivity contribution < 1.29 is 14.6 Å². The minimum atomic E-state index is -0.754. The average molecular weight is 326 g/mol. The minimum Gasteiger partial charge on any atom is -0.497 e. The van der Waals surface area contributed by atoms with Gasteiger partial charge in [-0.2, -0.15) is 0 Å². The highest BCUT2D eigenvalue weighted by Crippen LogP contribution is 2.16. The van der Waals surface area contributed by atoms with E-state index in [9.17, 15) is 9.90 Å². The summed E-state index contributed by atoms with van der Waals surface area (Å²) in [4.78, 5) is 12.2. The van der Waals surface area contributed by atoms with Crippen LogP contribution in [0.2, 0.25) is 0 Å². The summed E-state index contributed by atoms with van der Waals surface area (Å²) in [6.45, 7) is 0.511. The van der Waals surface area contributed by atoms with Crippen LogP contribution in [0.1, 0.15) is 11.1 Å². The first-order chi connectivity index (χ1) is 11.7. The molecule has 0 aliphatic carbocycles. The summed E-state index contributed by atoms with van der Waals surface area (Å²) in [6.07, 6.45) is -0.134. The van der Waals surface area contributed by atoms with Crippen molar-refractivity contribution in [2.45, 2.75) is 31.2 Å². The van der Waals surface area contributed by atoms with Crippen molar-refractivity contribution >= 4 is 5.91 Å². The molecule has 0 bridgehead atoms. The van der Waals surface area contributed by atoms with Gasteiger partial charge in [0.15, 0.2) is 0 Å². The van der Waals surface area contributed by atoms with Crippen LogP contribution >= 0.6 is 0 Å². The molecule has 1 fully saturated rings. The van der Waals surface area contributed by atoms with E-state index in [-0.39, 0.29) is 11.9 Å². The summed E-state index contributed by atoms with van der Waals surface area (Å²) in [7, 11) is 1.62. The fourth-order valence-electron chi connectivity index (χ4n) is 2.97. The Balaban J connectivity index is 1.58. The normalized spacial score (nSPS) is 23.1. The van der Waals surface area contributed by atoms with Gasteiger partial charge in [0.1, 0.15) is 11.8 Å². The molecular formula is C19H22N2O3. The van der Waals surface area contributed by atoms with Gasteiger partial charge in [-0.3, -0.25) is 10.1 Å². The molecule has 3 atom stereocenters. The molecule has 1 saturated heterocycles. The molecule has 0 aromatic heterocycles. The number of amides is 1. The number of aliphatic hydroxyl groups excluding tert-OH is 1. The molecule has 5 heteroatoms. The predicted molar refractivity (Wildman–Crippen MR) is 91.7 cm³/mol. The fraction of sp³-hybridized carbons (Fsp3) is 0.316. The van der Waals surface area contributed by atoms with Crippen molar-refractivity contribution in [2.24, 2.45) is 0 Å². The highest BCUT2D eigenvalue weighted by atomic mass is 16.5. The SMILES string of the molecule is COc1ccc(CN[C@H]2C(=O)N[C@@H](Cc3ccccc3)[C@H]2O)cc1. The third-order valence-corrected chi connectivity index (χ3v) is 4.35. The van der Waals surface area contributed by atoms with Crippen molar-refractivity contribution in [3.63, 3.8) is 0 Å². The second-order valence-electron chi connectivity index (χ2n) is 6.00. The van der Waals surface area contributed by atoms with Crippen LogP contribution in [0.25, 0.3) is 0 Å². The summed E-state index contributed by atoms with van der Waals surface area (Å²) < 4.78 is 5.13. The van der Waals surface area contributed by atoms with Gasteiger partial charge >= 0.3 is 0 Å². The van der Waals surface area contributed by atoms with Gasteiger partial charge in [-0.1, -0.05) is 42.5 Å². The van der Waals surface area contributed by atoms with E-state index in [1.807, 2.05) is 54.6 Å². The van der Waals surface area contributed by atoms with Gasteiger partial charge < -0.3 is 15.2 Å². The van der Waals surface area contributed by atoms with E-state index in [0.29, 0.717) is 13.0 Å². The van der Waals surface area contributed by atoms with Gasteiger partial charge in [0.25, 0.3) is 0 Å². The molecule has 0 unspecified atom stereocenters. The van der Waals surface area contributed by atoms with Gasteiger partial charge in [0.05, 0.1) is 19.3 Å². The second kappa shape index (κ2) is 7.47. The maximum Gasteiger partial charge on any atom is 0.240 e. The lowest BCUT2D eigenvalue weighted by molar-refractivity contribution is -0.121. The molecule has 0 radical (unpaired) electrons. The number of carbonyl (C=O) groups excluding carboxylic acids is 1. The van der Waals surface area contributed by atoms with E-state index in [1.54, 1.807) is 7.11 Å². The smallest absolute Gasteiger partial charge is 0.240 e. The summed E-state index contributed by atoms with van der Waals surface area (Å²) in [5.74, 6) is 0.636. The summed E-state index contributed by atoms with van der Waals surface area (Å²) in [5, 5.41) is 16.5. The molecule has 2 aromatic rings. The lowest BCUT2D eigenvalue weighted by atomic mass is 10.0. The molecule has 1 heterocycles. The Kier molecular flexibility index (Phi) is 5.13. The standard InChI is InChI=1S/C19H22N2O3/c1-24-15-9-7-14(8-10-15)12-20-17-18(22)16(21-19(17)23)11-13-5-3-2-4-6-13/h2-10,16-18,20,22H,11-12H2,1H3,(H,21,23)/t16-,17+,18+/m0/s1. The number of ether oxygens (including phenoxy) is 1. The molecule has 3 rings (SSSR count). The Morgan fingerprint density at radius 2 is 1.79 bits per heavy atom. The lowest BCUT2D eigenvalue weighted by Crippen LogP contribution is -2.43. The van der Waals surface area contributed by atoms with E-state index in [0.717, 1.165) is 16.9 Å². The maximum atomic E-state index is 12.2. The zero-order valence-corrected chi connectivity index (χ0v) is 13.6. The highest BCUT2D eigenvalue weighted by Gasteiger charge is 2.40. The number of carbonyl (C=O) groups is 1. The largest absolute Gasteiger partial charge is 0.497 e. The Labute approximate surface area is 141 Å². The Morgan fingerprint density at radius 1 is 1.08 bits per heavy atom. The molecule has 0 spiro atoms. The van der Waals surface area contributed by atoms with E-state index < -0.39 is 12.1 Å². The third kappa shape index (κ3) is 3.75. The number of nitrogens with one attached hydrogen (secondary N) is 2. The Morgan fingerprint density at radius 3 is 2.46 bits per heavy atom. The van der Waals surface area contributed by atoms with E-state index >= 15 is 0 Å². The predicted octanol–water partition coefficient (Wildman–Crippen LogP) is 1.26. The van der Waals surface area contributed by atoms with Crippen molar-refractivity contribution in [2.75, 3.05) is 7.11 Å². The average Bonchev–Trinajstić information content (AvgIpc) is 2.88. The van der Waals surface area contributed by atoms with Crippen LogP contribution in [0.15, 0.2) is 54.6 Å². The zero-order valence-electron chi connectivity index (χ0n) is 13.6. The lowest BCUT2D eigenvalue weighted by Gasteiger charge is -2.18. The van der Waals surface area contributed by atoms with Crippen LogP contribution in [0.4, 0.5) is 0 Å². The van der Waals surface area contributed by atoms with Gasteiger partial charge in [-0.15, -0.1) is 0 Å². The minimum absolute atomic E-state index is 0.156. The number of benzene rings is 2. The molecule has 5 nitrogen and oxygen atoms in total. The molecule has 2 aromatic carbocycles. The van der Waals surface area contributed by atoms with Crippen molar-refractivity contribution in [3.05, 3.63) is 65.7 Å². The van der Waals surface area contributed by atoms with E-state index in [4.69, 9.17) is 4.74 Å². The van der Waals surface area contributed by atoms with Crippen LogP contribution in [-0.4, -0.2) is 36.3 Å². The van der Waals surface area contributed by atoms with Crippen LogP contribution in [0, 0.1) is 0 Å². The van der Waals surface area contributed by atoms with Gasteiger partial charge in [0, 0.05) is 6.54 Å². The molecule has 3 N–H and O–H groups in total. The first-order valence-electron chi connectivity index (χ1n) is 8.06. The van der Waals surface area contributed by atoms with Gasteiger partial charge in [0.2, 0.25) is 5.91 Å². The van der Waals surface area contributed by atoms with E-state index in [1.165, 1.54) is 0 Å². The second-order valence-corrected chi connectivity index (χ2v) is 6.00. The highest BCUT2D eigenvalue weighted by molar-refractivity contribution is 5.85. The first-order valence-corrected chi connectivity index (χ1v) is 8.06. The van der Waals surface area contributed by atoms with Crippen LogP contribution in [-0.2, 0) is 17.8 Å². The molecular weight excluding hydrogens is 304 g/mol. The number of aliphatic hydroxyl groups is 1. The molecule has 1 aliphatic heterocycles. The monoisotopic (exact) mass is 326 g/mol. The Bertz CT molecular complexity index is 673. The number of methoxy groups -OCH3 is 1. The fourth-order valence-corrected chi connectivity index (χ4v) is 2.97. The van der Waals surface area contributed by atoms with Crippen LogP contribution < -0.4 is 15.4 Å². The summed E-state index contributed by atoms with van der Waals surface area (Å²) in [5.41, 5.74) is 2.12. The third-order valence-electron chi connectivity index (χ3n) is 4.35. The summed E-state index contributed by atoms with van der Waals surface area (Å²) in [6, 6.07) is 16.6. The van der Waals surface area contributed by atoms with E-state index in [2.05, 4.69) is 10.6 Å². The number of hydrogen-bond acceptors (Lipinski definition) is 4. The molecule has 1 amide bonds. The maximum absolute atomic E-state index is 12.2. The molecule has 0 saturated carbocycles. The van der Waals surface area contributed by atoms with Crippen molar-refractivity contribution in [3.8, 4) is 5.75 Å². The molecule has 24 heavy (non-hydrogen) atoms. The van der Waals surface area contributed by atoms with Crippen molar-refractivity contribution in [1.82, 2.24) is 10.6 Å². The molecule has 1 aliphatic rings. The molecule has 126 valence electrons. The summed E-state index contributed by atoms with van der Waals surface area (Å²) >= 11 is 0. The number of rotatable bonds is 6. The van der Waals surface area contributed by atoms with Gasteiger partial charge in [-0.05, 0) is 29.7 Å². The van der Waals surface area contributed by atoms with Gasteiger partial charge in [-0.25, -0.2) is 0 Å². The Hall–Kier alpha value is -2.37. The quantitative estimate of drug-likeness (QED) is 0.747. The topological polar surface area (TPSA) is 70.6 Å². The number of hydrogen-bond donors (Lipinski definition) is 3. The van der Waals surface area contributed by atoms with Crippen LogP contribution in [0.5, 0.6) is 5.75 Å². The zero-order chi connectivity index (χ0) is 16.9.